The molecule has 1 unspecified atom stereocenters. The number of hydrogen-bond acceptors (Lipinski definition) is 3. The van der Waals surface area contributed by atoms with E-state index in [1.54, 1.807) is 6.20 Å². The Morgan fingerprint density at radius 2 is 2.15 bits per heavy atom. The highest BCUT2D eigenvalue weighted by atomic mass is 15.3. The van der Waals surface area contributed by atoms with Gasteiger partial charge in [-0.2, -0.15) is 0 Å². The zero-order valence-corrected chi connectivity index (χ0v) is 16.4. The van der Waals surface area contributed by atoms with Crippen LogP contribution < -0.4 is 5.32 Å². The van der Waals surface area contributed by atoms with Crippen molar-refractivity contribution < 1.29 is 0 Å². The summed E-state index contributed by atoms with van der Waals surface area (Å²) in [5.41, 5.74) is 1.52. The Morgan fingerprint density at radius 1 is 1.31 bits per heavy atom. The molecule has 0 saturated carbocycles. The molecule has 0 amide bonds. The van der Waals surface area contributed by atoms with E-state index in [1.807, 2.05) is 30.0 Å². The minimum absolute atomic E-state index is 0.405. The van der Waals surface area contributed by atoms with Gasteiger partial charge in [0.1, 0.15) is 11.6 Å². The zero-order chi connectivity index (χ0) is 18.6. The summed E-state index contributed by atoms with van der Waals surface area (Å²) in [5, 5.41) is 3.44. The van der Waals surface area contributed by atoms with E-state index in [1.165, 1.54) is 12.8 Å². The summed E-state index contributed by atoms with van der Waals surface area (Å²) in [6.07, 6.45) is 8.06. The SMILES string of the molecule is CCNC(=NCc1ccc(-n2ccnc2C)nc1)N1CCC(C)(CC)C1. The molecule has 6 nitrogen and oxygen atoms in total. The molecular formula is C20H30N6. The van der Waals surface area contributed by atoms with E-state index in [4.69, 9.17) is 4.99 Å². The van der Waals surface area contributed by atoms with Gasteiger partial charge >= 0.3 is 0 Å². The molecule has 2 aromatic heterocycles. The third-order valence-corrected chi connectivity index (χ3v) is 5.34. The number of imidazole rings is 1. The highest BCUT2D eigenvalue weighted by Crippen LogP contribution is 2.32. The Morgan fingerprint density at radius 3 is 2.73 bits per heavy atom. The van der Waals surface area contributed by atoms with Crippen molar-refractivity contribution in [3.8, 4) is 5.82 Å². The summed E-state index contributed by atoms with van der Waals surface area (Å²) >= 11 is 0. The van der Waals surface area contributed by atoms with Crippen LogP contribution in [0.4, 0.5) is 0 Å². The summed E-state index contributed by atoms with van der Waals surface area (Å²) in [4.78, 5) is 16.0. The van der Waals surface area contributed by atoms with Crippen LogP contribution in [0.3, 0.4) is 0 Å². The number of likely N-dealkylation sites (tertiary alicyclic amines) is 1. The molecule has 26 heavy (non-hydrogen) atoms. The van der Waals surface area contributed by atoms with Crippen LogP contribution in [0.5, 0.6) is 0 Å². The topological polar surface area (TPSA) is 58.3 Å². The largest absolute Gasteiger partial charge is 0.357 e. The average Bonchev–Trinajstić information content (AvgIpc) is 3.26. The first-order valence-electron chi connectivity index (χ1n) is 9.53. The summed E-state index contributed by atoms with van der Waals surface area (Å²) in [7, 11) is 0. The van der Waals surface area contributed by atoms with Crippen molar-refractivity contribution in [2.45, 2.75) is 47.1 Å². The Hall–Kier alpha value is -2.37. The summed E-state index contributed by atoms with van der Waals surface area (Å²) < 4.78 is 1.98. The molecule has 0 radical (unpaired) electrons. The van der Waals surface area contributed by atoms with Crippen LogP contribution in [-0.2, 0) is 6.54 Å². The molecule has 0 bridgehead atoms. The monoisotopic (exact) mass is 354 g/mol. The maximum Gasteiger partial charge on any atom is 0.194 e. The quantitative estimate of drug-likeness (QED) is 0.662. The van der Waals surface area contributed by atoms with Crippen molar-refractivity contribution in [2.75, 3.05) is 19.6 Å². The van der Waals surface area contributed by atoms with Crippen LogP contribution >= 0.6 is 0 Å². The van der Waals surface area contributed by atoms with Gasteiger partial charge in [0.2, 0.25) is 0 Å². The molecule has 1 N–H and O–H groups in total. The zero-order valence-electron chi connectivity index (χ0n) is 16.4. The number of hydrogen-bond donors (Lipinski definition) is 1. The number of nitrogens with one attached hydrogen (secondary N) is 1. The van der Waals surface area contributed by atoms with Crippen molar-refractivity contribution in [3.05, 3.63) is 42.1 Å². The van der Waals surface area contributed by atoms with Crippen LogP contribution in [0.15, 0.2) is 35.7 Å². The van der Waals surface area contributed by atoms with Crippen LogP contribution in [0.2, 0.25) is 0 Å². The van der Waals surface area contributed by atoms with Gasteiger partial charge in [-0.3, -0.25) is 4.57 Å². The Labute approximate surface area is 156 Å². The fraction of sp³-hybridized carbons (Fsp3) is 0.550. The number of rotatable bonds is 5. The molecule has 1 saturated heterocycles. The molecule has 140 valence electrons. The van der Waals surface area contributed by atoms with Gasteiger partial charge in [0.05, 0.1) is 6.54 Å². The van der Waals surface area contributed by atoms with Gasteiger partial charge in [-0.05, 0) is 43.7 Å². The molecule has 1 aliphatic heterocycles. The van der Waals surface area contributed by atoms with E-state index in [0.29, 0.717) is 12.0 Å². The Balaban J connectivity index is 1.69. The molecule has 1 fully saturated rings. The molecule has 6 heteroatoms. The minimum atomic E-state index is 0.405. The lowest BCUT2D eigenvalue weighted by molar-refractivity contribution is 0.322. The first-order valence-corrected chi connectivity index (χ1v) is 9.53. The lowest BCUT2D eigenvalue weighted by Crippen LogP contribution is -2.41. The number of aliphatic imine (C=N–C) groups is 1. The molecular weight excluding hydrogens is 324 g/mol. The highest BCUT2D eigenvalue weighted by molar-refractivity contribution is 5.80. The highest BCUT2D eigenvalue weighted by Gasteiger charge is 2.33. The molecule has 0 spiro atoms. The molecule has 0 aromatic carbocycles. The molecule has 0 aliphatic carbocycles. The third-order valence-electron chi connectivity index (χ3n) is 5.34. The van der Waals surface area contributed by atoms with E-state index in [-0.39, 0.29) is 0 Å². The van der Waals surface area contributed by atoms with E-state index < -0.39 is 0 Å². The van der Waals surface area contributed by atoms with Crippen molar-refractivity contribution in [2.24, 2.45) is 10.4 Å². The van der Waals surface area contributed by atoms with E-state index in [2.05, 4.69) is 47.0 Å². The van der Waals surface area contributed by atoms with Crippen molar-refractivity contribution in [3.63, 3.8) is 0 Å². The molecule has 3 heterocycles. The summed E-state index contributed by atoms with van der Waals surface area (Å²) in [6.45, 7) is 12.4. The fourth-order valence-corrected chi connectivity index (χ4v) is 3.36. The molecule has 1 atom stereocenters. The van der Waals surface area contributed by atoms with Gasteiger partial charge in [-0.25, -0.2) is 15.0 Å². The molecule has 2 aromatic rings. The predicted octanol–water partition coefficient (Wildman–Crippen LogP) is 3.16. The van der Waals surface area contributed by atoms with Gasteiger partial charge in [0.15, 0.2) is 5.96 Å². The van der Waals surface area contributed by atoms with E-state index in [9.17, 15) is 0 Å². The van der Waals surface area contributed by atoms with Crippen LogP contribution in [0.1, 0.15) is 45.0 Å². The summed E-state index contributed by atoms with van der Waals surface area (Å²) in [5.74, 6) is 2.84. The van der Waals surface area contributed by atoms with Gasteiger partial charge in [-0.1, -0.05) is 19.9 Å². The van der Waals surface area contributed by atoms with Gasteiger partial charge < -0.3 is 10.2 Å². The smallest absolute Gasteiger partial charge is 0.194 e. The number of guanidine groups is 1. The maximum atomic E-state index is 4.85. The fourth-order valence-electron chi connectivity index (χ4n) is 3.36. The van der Waals surface area contributed by atoms with Crippen LogP contribution in [0, 0.1) is 12.3 Å². The third kappa shape index (κ3) is 4.06. The van der Waals surface area contributed by atoms with E-state index >= 15 is 0 Å². The second-order valence-electron chi connectivity index (χ2n) is 7.38. The first kappa shape index (κ1) is 18.4. The minimum Gasteiger partial charge on any atom is -0.357 e. The molecule has 3 rings (SSSR count). The van der Waals surface area contributed by atoms with Gasteiger partial charge in [0, 0.05) is 38.2 Å². The maximum absolute atomic E-state index is 4.85. The normalized spacial score (nSPS) is 20.6. The second kappa shape index (κ2) is 7.89. The first-order chi connectivity index (χ1) is 12.5. The van der Waals surface area contributed by atoms with Crippen molar-refractivity contribution in [1.82, 2.24) is 24.8 Å². The lowest BCUT2D eigenvalue weighted by atomic mass is 9.87. The van der Waals surface area contributed by atoms with Crippen LogP contribution in [0.25, 0.3) is 5.82 Å². The van der Waals surface area contributed by atoms with Crippen LogP contribution in [-0.4, -0.2) is 45.0 Å². The predicted molar refractivity (Wildman–Crippen MR) is 105 cm³/mol. The Bertz CT molecular complexity index is 748. The average molecular weight is 355 g/mol. The molecule has 1 aliphatic rings. The lowest BCUT2D eigenvalue weighted by Gasteiger charge is -2.25. The second-order valence-corrected chi connectivity index (χ2v) is 7.38. The Kier molecular flexibility index (Phi) is 5.59. The van der Waals surface area contributed by atoms with Gasteiger partial charge in [0.25, 0.3) is 0 Å². The summed E-state index contributed by atoms with van der Waals surface area (Å²) in [6, 6.07) is 4.12. The van der Waals surface area contributed by atoms with Crippen molar-refractivity contribution >= 4 is 5.96 Å². The van der Waals surface area contributed by atoms with E-state index in [0.717, 1.165) is 42.8 Å². The number of aryl methyl sites for hydroxylation is 1. The van der Waals surface area contributed by atoms with Gasteiger partial charge in [-0.15, -0.1) is 0 Å². The number of aromatic nitrogens is 3. The number of nitrogens with zero attached hydrogens (tertiary/aromatic N) is 5. The number of pyridine rings is 1. The van der Waals surface area contributed by atoms with Crippen molar-refractivity contribution in [1.29, 1.82) is 0 Å². The standard InChI is InChI=1S/C20H30N6/c1-5-20(4)9-11-25(15-20)19(21-6-2)24-14-17-7-8-18(23-13-17)26-12-10-22-16(26)3/h7-8,10,12-13H,5-6,9,11,14-15H2,1-4H3,(H,21,24).